The Labute approximate surface area is 213 Å². The van der Waals surface area contributed by atoms with Gasteiger partial charge in [-0.05, 0) is 90.4 Å². The molecule has 0 N–H and O–H groups in total. The van der Waals surface area contributed by atoms with Gasteiger partial charge in [0.2, 0.25) is 0 Å². The normalized spacial score (nSPS) is 24.2. The second-order valence-electron chi connectivity index (χ2n) is 11.8. The highest BCUT2D eigenvalue weighted by Crippen LogP contribution is 2.66. The molecular formula is C35H32O. The number of aryl methyl sites for hydroxylation is 1. The fourth-order valence-electron chi connectivity index (χ4n) is 8.58. The Balaban J connectivity index is 1.59. The summed E-state index contributed by atoms with van der Waals surface area (Å²) in [5, 5.41) is 5.31. The minimum absolute atomic E-state index is 0.160. The third-order valence-corrected chi connectivity index (χ3v) is 9.71. The summed E-state index contributed by atoms with van der Waals surface area (Å²) in [5.74, 6) is 3.22. The van der Waals surface area contributed by atoms with Crippen LogP contribution >= 0.6 is 0 Å². The molecule has 1 heteroatoms. The van der Waals surface area contributed by atoms with Gasteiger partial charge in [0.1, 0.15) is 11.5 Å². The van der Waals surface area contributed by atoms with E-state index in [-0.39, 0.29) is 5.41 Å². The first kappa shape index (κ1) is 20.8. The summed E-state index contributed by atoms with van der Waals surface area (Å²) < 4.78 is 6.76. The number of ether oxygens (including phenoxy) is 1. The third-order valence-electron chi connectivity index (χ3n) is 9.71. The molecule has 8 rings (SSSR count). The zero-order chi connectivity index (χ0) is 24.2. The maximum absolute atomic E-state index is 6.76. The topological polar surface area (TPSA) is 9.23 Å². The standard InChI is InChI=1S/C35H32O/c1-20-17-22(3)33(24-10-5-4-6-11-24)35(19-20)27-16-15-23-12-8-14-28-30(23)31(27)32-29(36-28)18-26-21(2)9-7-13-25(26)34(32)35/h7-9,12-19,24,33H,4-6,10-11H2,1-3H3. The van der Waals surface area contributed by atoms with Crippen molar-refractivity contribution in [2.45, 2.75) is 58.3 Å². The SMILES string of the molecule is CC1=CC2(c3ccc4cccc5c4c3-c3c(cc4c(C)cccc4c32)O5)C(C2CCCCC2)C(C)=C1. The van der Waals surface area contributed by atoms with Crippen molar-refractivity contribution in [1.82, 2.24) is 0 Å². The van der Waals surface area contributed by atoms with Crippen molar-refractivity contribution in [2.24, 2.45) is 11.8 Å². The third kappa shape index (κ3) is 2.47. The number of hydrogen-bond donors (Lipinski definition) is 0. The van der Waals surface area contributed by atoms with Crippen LogP contribution in [0.4, 0.5) is 0 Å². The number of rotatable bonds is 1. The Morgan fingerprint density at radius 2 is 1.64 bits per heavy atom. The predicted octanol–water partition coefficient (Wildman–Crippen LogP) is 9.78. The van der Waals surface area contributed by atoms with Gasteiger partial charge >= 0.3 is 0 Å². The highest BCUT2D eigenvalue weighted by molar-refractivity contribution is 6.13. The molecule has 1 nitrogen and oxygen atoms in total. The fraction of sp³-hybridized carbons (Fsp3) is 0.314. The number of fused-ring (bicyclic) bond motifs is 4. The molecule has 1 fully saturated rings. The number of hydrogen-bond acceptors (Lipinski definition) is 1. The lowest BCUT2D eigenvalue weighted by Crippen LogP contribution is -2.41. The molecule has 4 aliphatic rings. The van der Waals surface area contributed by atoms with Crippen LogP contribution in [0.15, 0.2) is 77.9 Å². The molecule has 178 valence electrons. The van der Waals surface area contributed by atoms with Crippen LogP contribution in [-0.4, -0.2) is 0 Å². The van der Waals surface area contributed by atoms with E-state index in [1.165, 1.54) is 87.0 Å². The average Bonchev–Trinajstić information content (AvgIpc) is 3.16. The molecule has 0 bridgehead atoms. The van der Waals surface area contributed by atoms with Crippen molar-refractivity contribution in [3.8, 4) is 22.6 Å². The van der Waals surface area contributed by atoms with Crippen LogP contribution in [0, 0.1) is 18.8 Å². The van der Waals surface area contributed by atoms with Crippen LogP contribution in [0.3, 0.4) is 0 Å². The van der Waals surface area contributed by atoms with E-state index in [1.807, 2.05) is 0 Å². The van der Waals surface area contributed by atoms with Gasteiger partial charge in [-0.25, -0.2) is 0 Å². The second-order valence-corrected chi connectivity index (χ2v) is 11.8. The molecule has 1 aliphatic heterocycles. The second kappa shape index (κ2) is 7.13. The lowest BCUT2D eigenvalue weighted by molar-refractivity contribution is 0.227. The van der Waals surface area contributed by atoms with Crippen molar-refractivity contribution in [3.05, 3.63) is 94.6 Å². The molecule has 36 heavy (non-hydrogen) atoms. The minimum Gasteiger partial charge on any atom is -0.456 e. The Kier molecular flexibility index (Phi) is 4.12. The van der Waals surface area contributed by atoms with E-state index in [4.69, 9.17) is 4.74 Å². The van der Waals surface area contributed by atoms with Crippen molar-refractivity contribution in [2.75, 3.05) is 0 Å². The monoisotopic (exact) mass is 468 g/mol. The quantitative estimate of drug-likeness (QED) is 0.238. The largest absolute Gasteiger partial charge is 0.456 e. The molecule has 1 spiro atoms. The van der Waals surface area contributed by atoms with Gasteiger partial charge in [0.25, 0.3) is 0 Å². The van der Waals surface area contributed by atoms with E-state index in [0.717, 1.165) is 11.5 Å². The number of benzene rings is 4. The molecular weight excluding hydrogens is 436 g/mol. The molecule has 0 saturated heterocycles. The fourth-order valence-corrected chi connectivity index (χ4v) is 8.58. The van der Waals surface area contributed by atoms with Gasteiger partial charge < -0.3 is 4.74 Å². The molecule has 3 aliphatic carbocycles. The van der Waals surface area contributed by atoms with Gasteiger partial charge in [-0.3, -0.25) is 0 Å². The van der Waals surface area contributed by atoms with E-state index < -0.39 is 0 Å². The Hall–Kier alpha value is -3.32. The lowest BCUT2D eigenvalue weighted by atomic mass is 9.56. The summed E-state index contributed by atoms with van der Waals surface area (Å²) in [4.78, 5) is 0. The summed E-state index contributed by atoms with van der Waals surface area (Å²) in [5.41, 5.74) is 9.89. The van der Waals surface area contributed by atoms with Gasteiger partial charge in [0, 0.05) is 21.9 Å². The minimum atomic E-state index is -0.160. The van der Waals surface area contributed by atoms with Crippen LogP contribution in [-0.2, 0) is 5.41 Å². The molecule has 4 aromatic rings. The van der Waals surface area contributed by atoms with Crippen LogP contribution in [0.5, 0.6) is 11.5 Å². The van der Waals surface area contributed by atoms with Gasteiger partial charge in [-0.2, -0.15) is 0 Å². The first-order valence-electron chi connectivity index (χ1n) is 13.8. The van der Waals surface area contributed by atoms with Crippen LogP contribution < -0.4 is 4.74 Å². The van der Waals surface area contributed by atoms with Crippen molar-refractivity contribution in [1.29, 1.82) is 0 Å². The Morgan fingerprint density at radius 3 is 2.50 bits per heavy atom. The molecule has 1 heterocycles. The molecule has 4 aromatic carbocycles. The molecule has 2 unspecified atom stereocenters. The van der Waals surface area contributed by atoms with E-state index >= 15 is 0 Å². The average molecular weight is 469 g/mol. The molecule has 1 saturated carbocycles. The van der Waals surface area contributed by atoms with Crippen molar-refractivity contribution in [3.63, 3.8) is 0 Å². The van der Waals surface area contributed by atoms with Crippen molar-refractivity contribution < 1.29 is 4.74 Å². The summed E-state index contributed by atoms with van der Waals surface area (Å²) in [6, 6.07) is 20.5. The van der Waals surface area contributed by atoms with Gasteiger partial charge in [0.05, 0.1) is 0 Å². The maximum atomic E-state index is 6.76. The zero-order valence-corrected chi connectivity index (χ0v) is 21.4. The lowest BCUT2D eigenvalue weighted by Gasteiger charge is -2.46. The highest BCUT2D eigenvalue weighted by Gasteiger charge is 2.54. The highest BCUT2D eigenvalue weighted by atomic mass is 16.5. The van der Waals surface area contributed by atoms with E-state index in [2.05, 4.69) is 87.5 Å². The van der Waals surface area contributed by atoms with E-state index in [9.17, 15) is 0 Å². The summed E-state index contributed by atoms with van der Waals surface area (Å²) in [7, 11) is 0. The van der Waals surface area contributed by atoms with Crippen molar-refractivity contribution >= 4 is 21.5 Å². The number of allylic oxidation sites excluding steroid dienone is 4. The van der Waals surface area contributed by atoms with Crippen LogP contribution in [0.1, 0.15) is 62.6 Å². The first-order valence-corrected chi connectivity index (χ1v) is 13.8. The predicted molar refractivity (Wildman–Crippen MR) is 150 cm³/mol. The molecule has 0 radical (unpaired) electrons. The smallest absolute Gasteiger partial charge is 0.136 e. The van der Waals surface area contributed by atoms with Crippen LogP contribution in [0.25, 0.3) is 32.7 Å². The maximum Gasteiger partial charge on any atom is 0.136 e. The first-order chi connectivity index (χ1) is 17.6. The summed E-state index contributed by atoms with van der Waals surface area (Å²) in [6.07, 6.45) is 11.9. The van der Waals surface area contributed by atoms with E-state index in [1.54, 1.807) is 5.57 Å². The molecule has 2 atom stereocenters. The molecule has 0 aromatic heterocycles. The Morgan fingerprint density at radius 1 is 0.806 bits per heavy atom. The van der Waals surface area contributed by atoms with Gasteiger partial charge in [0.15, 0.2) is 0 Å². The molecule has 0 amide bonds. The van der Waals surface area contributed by atoms with Crippen LogP contribution in [0.2, 0.25) is 0 Å². The van der Waals surface area contributed by atoms with E-state index in [0.29, 0.717) is 11.8 Å². The van der Waals surface area contributed by atoms with Gasteiger partial charge in [-0.1, -0.05) is 85.0 Å². The zero-order valence-electron chi connectivity index (χ0n) is 21.4. The van der Waals surface area contributed by atoms with Gasteiger partial charge in [-0.15, -0.1) is 0 Å². The summed E-state index contributed by atoms with van der Waals surface area (Å²) >= 11 is 0. The Bertz CT molecular complexity index is 1680. The summed E-state index contributed by atoms with van der Waals surface area (Å²) in [6.45, 7) is 6.96.